The lowest BCUT2D eigenvalue weighted by Crippen LogP contribution is -2.00. The van der Waals surface area contributed by atoms with Crippen LogP contribution >= 0.6 is 0 Å². The van der Waals surface area contributed by atoms with E-state index in [1.165, 1.54) is 47.4 Å². The Morgan fingerprint density at radius 1 is 0.818 bits per heavy atom. The maximum Gasteiger partial charge on any atom is 0.0783 e. The van der Waals surface area contributed by atoms with E-state index in [4.69, 9.17) is 4.98 Å². The molecule has 108 valence electrons. The molecule has 3 aromatic rings. The van der Waals surface area contributed by atoms with Gasteiger partial charge in [0, 0.05) is 17.0 Å². The topological polar surface area (TPSA) is 12.9 Å². The smallest absolute Gasteiger partial charge is 0.0783 e. The zero-order valence-electron chi connectivity index (χ0n) is 12.6. The van der Waals surface area contributed by atoms with E-state index in [9.17, 15) is 0 Å². The highest BCUT2D eigenvalue weighted by atomic mass is 14.7. The van der Waals surface area contributed by atoms with Gasteiger partial charge in [0.05, 0.1) is 5.52 Å². The molecule has 1 heteroatoms. The van der Waals surface area contributed by atoms with E-state index in [-0.39, 0.29) is 0 Å². The van der Waals surface area contributed by atoms with Crippen molar-refractivity contribution in [3.8, 4) is 0 Å². The number of nitrogens with zero attached hydrogens (tertiary/aromatic N) is 1. The van der Waals surface area contributed by atoms with Crippen LogP contribution < -0.4 is 0 Å². The molecule has 1 nitrogen and oxygen atoms in total. The van der Waals surface area contributed by atoms with Crippen LogP contribution in [0.2, 0.25) is 0 Å². The summed E-state index contributed by atoms with van der Waals surface area (Å²) in [6.45, 7) is 0. The Bertz CT molecular complexity index is 912. The molecule has 4 bridgehead atoms. The number of rotatable bonds is 0. The Kier molecular flexibility index (Phi) is 2.06. The summed E-state index contributed by atoms with van der Waals surface area (Å²) in [5, 5.41) is 4.07. The first-order chi connectivity index (χ1) is 10.9. The third-order valence-electron chi connectivity index (χ3n) is 6.64. The van der Waals surface area contributed by atoms with E-state index in [1.807, 2.05) is 0 Å². The predicted octanol–water partition coefficient (Wildman–Crippen LogP) is 5.39. The average molecular weight is 285 g/mol. The fraction of sp³-hybridized carbons (Fsp3) is 0.381. The Morgan fingerprint density at radius 2 is 1.64 bits per heavy atom. The van der Waals surface area contributed by atoms with Gasteiger partial charge < -0.3 is 0 Å². The molecule has 2 atom stereocenters. The van der Waals surface area contributed by atoms with Crippen molar-refractivity contribution in [1.82, 2.24) is 4.98 Å². The summed E-state index contributed by atoms with van der Waals surface area (Å²) in [4.78, 5) is 4.93. The minimum Gasteiger partial charge on any atom is -0.255 e. The van der Waals surface area contributed by atoms with Crippen molar-refractivity contribution >= 4 is 21.7 Å². The van der Waals surface area contributed by atoms with Crippen molar-refractivity contribution in [3.63, 3.8) is 0 Å². The minimum atomic E-state index is 0.776. The molecule has 1 aromatic heterocycles. The molecule has 22 heavy (non-hydrogen) atoms. The van der Waals surface area contributed by atoms with Crippen LogP contribution in [-0.4, -0.2) is 4.98 Å². The van der Waals surface area contributed by atoms with Gasteiger partial charge in [-0.1, -0.05) is 36.4 Å². The summed E-state index contributed by atoms with van der Waals surface area (Å²) in [5.41, 5.74) is 4.50. The van der Waals surface area contributed by atoms with Gasteiger partial charge in [-0.3, -0.25) is 4.98 Å². The van der Waals surface area contributed by atoms with Crippen molar-refractivity contribution in [3.05, 3.63) is 53.7 Å². The second-order valence-corrected chi connectivity index (χ2v) is 7.52. The number of fused-ring (bicyclic) bond motifs is 5. The number of pyridine rings is 1. The molecule has 0 saturated heterocycles. The maximum atomic E-state index is 4.93. The maximum absolute atomic E-state index is 4.93. The van der Waals surface area contributed by atoms with E-state index in [2.05, 4.69) is 42.6 Å². The Hall–Kier alpha value is -1.89. The molecule has 2 saturated carbocycles. The van der Waals surface area contributed by atoms with E-state index in [1.54, 1.807) is 11.1 Å². The van der Waals surface area contributed by atoms with Crippen molar-refractivity contribution in [2.24, 2.45) is 11.8 Å². The first-order valence-corrected chi connectivity index (χ1v) is 8.72. The van der Waals surface area contributed by atoms with Gasteiger partial charge in [0.25, 0.3) is 0 Å². The molecule has 0 radical (unpaired) electrons. The van der Waals surface area contributed by atoms with Crippen LogP contribution in [0.4, 0.5) is 0 Å². The average Bonchev–Trinajstić information content (AvgIpc) is 3.32. The lowest BCUT2D eigenvalue weighted by atomic mass is 9.89. The molecule has 2 aromatic carbocycles. The van der Waals surface area contributed by atoms with Gasteiger partial charge >= 0.3 is 0 Å². The lowest BCUT2D eigenvalue weighted by Gasteiger charge is -2.17. The third-order valence-corrected chi connectivity index (χ3v) is 6.64. The number of hydrogen-bond donors (Lipinski definition) is 0. The Morgan fingerprint density at radius 3 is 2.50 bits per heavy atom. The molecule has 0 spiro atoms. The highest BCUT2D eigenvalue weighted by Crippen LogP contribution is 2.66. The minimum absolute atomic E-state index is 0.776. The Labute approximate surface area is 130 Å². The first-order valence-electron chi connectivity index (χ1n) is 8.72. The molecule has 2 fully saturated rings. The van der Waals surface area contributed by atoms with Crippen LogP contribution in [0, 0.1) is 11.8 Å². The van der Waals surface area contributed by atoms with Gasteiger partial charge in [-0.15, -0.1) is 0 Å². The van der Waals surface area contributed by atoms with Crippen molar-refractivity contribution in [2.45, 2.75) is 37.5 Å². The van der Waals surface area contributed by atoms with Gasteiger partial charge in [-0.25, -0.2) is 0 Å². The Balaban J connectivity index is 1.75. The molecule has 2 unspecified atom stereocenters. The SMILES string of the molecule is c1ccc2c(c1)ccc1c3c(cnc12)C1CCC2C(CC1)C32. The second-order valence-electron chi connectivity index (χ2n) is 7.52. The van der Waals surface area contributed by atoms with Gasteiger partial charge in [0.2, 0.25) is 0 Å². The van der Waals surface area contributed by atoms with E-state index in [0.29, 0.717) is 0 Å². The van der Waals surface area contributed by atoms with Crippen LogP contribution in [0.25, 0.3) is 21.7 Å². The molecular weight excluding hydrogens is 266 g/mol. The fourth-order valence-electron chi connectivity index (χ4n) is 5.57. The zero-order chi connectivity index (χ0) is 14.3. The van der Waals surface area contributed by atoms with Crippen molar-refractivity contribution in [1.29, 1.82) is 0 Å². The number of benzene rings is 2. The van der Waals surface area contributed by atoms with E-state index in [0.717, 1.165) is 23.7 Å². The van der Waals surface area contributed by atoms with Gasteiger partial charge in [-0.05, 0) is 65.9 Å². The number of aromatic nitrogens is 1. The van der Waals surface area contributed by atoms with Gasteiger partial charge in [0.1, 0.15) is 0 Å². The van der Waals surface area contributed by atoms with Crippen LogP contribution in [0.5, 0.6) is 0 Å². The fourth-order valence-corrected chi connectivity index (χ4v) is 5.57. The van der Waals surface area contributed by atoms with Crippen LogP contribution in [-0.2, 0) is 0 Å². The molecule has 0 N–H and O–H groups in total. The summed E-state index contributed by atoms with van der Waals surface area (Å²) >= 11 is 0. The highest BCUT2D eigenvalue weighted by Gasteiger charge is 2.55. The predicted molar refractivity (Wildman–Crippen MR) is 90.2 cm³/mol. The largest absolute Gasteiger partial charge is 0.255 e. The molecule has 1 heterocycles. The zero-order valence-corrected chi connectivity index (χ0v) is 12.6. The molecular formula is C21H19N. The van der Waals surface area contributed by atoms with Crippen LogP contribution in [0.1, 0.15) is 48.6 Å². The summed E-state index contributed by atoms with van der Waals surface area (Å²) in [5.74, 6) is 3.57. The molecule has 7 rings (SSSR count). The van der Waals surface area contributed by atoms with Crippen LogP contribution in [0.3, 0.4) is 0 Å². The monoisotopic (exact) mass is 285 g/mol. The summed E-state index contributed by atoms with van der Waals surface area (Å²) < 4.78 is 0. The van der Waals surface area contributed by atoms with Gasteiger partial charge in [-0.2, -0.15) is 0 Å². The summed E-state index contributed by atoms with van der Waals surface area (Å²) in [7, 11) is 0. The highest BCUT2D eigenvalue weighted by molar-refractivity contribution is 6.06. The second kappa shape index (κ2) is 3.90. The van der Waals surface area contributed by atoms with E-state index < -0.39 is 0 Å². The third kappa shape index (κ3) is 1.33. The van der Waals surface area contributed by atoms with Crippen LogP contribution in [0.15, 0.2) is 42.6 Å². The van der Waals surface area contributed by atoms with E-state index >= 15 is 0 Å². The molecule has 4 aliphatic carbocycles. The van der Waals surface area contributed by atoms with Gasteiger partial charge in [0.15, 0.2) is 0 Å². The quantitative estimate of drug-likeness (QED) is 0.505. The lowest BCUT2D eigenvalue weighted by molar-refractivity contribution is 0.569. The summed E-state index contributed by atoms with van der Waals surface area (Å²) in [6, 6.07) is 13.3. The first kappa shape index (κ1) is 11.6. The number of hydrogen-bond acceptors (Lipinski definition) is 1. The normalized spacial score (nSPS) is 31.8. The standard InChI is InChI=1S/C21H19N/c1-2-4-14-12(3-1)7-10-17-20-18(11-22-21(14)17)13-5-8-15-16(9-6-13)19(15)20/h1-4,7,10-11,13,15-16,19H,5-6,8-9H2. The summed E-state index contributed by atoms with van der Waals surface area (Å²) in [6.07, 6.45) is 7.92. The molecule has 0 amide bonds. The molecule has 4 aliphatic rings. The molecule has 0 aliphatic heterocycles. The van der Waals surface area contributed by atoms with Crippen molar-refractivity contribution < 1.29 is 0 Å². The van der Waals surface area contributed by atoms with Crippen molar-refractivity contribution in [2.75, 3.05) is 0 Å².